The van der Waals surface area contributed by atoms with E-state index in [0.717, 1.165) is 19.6 Å². The first-order valence-corrected chi connectivity index (χ1v) is 16.0. The number of amides is 8. The Morgan fingerprint density at radius 3 is 0.367 bits per heavy atom. The molecule has 0 unspecified atom stereocenters. The Balaban J connectivity index is -0.000000150. The summed E-state index contributed by atoms with van der Waals surface area (Å²) in [5.41, 5.74) is 0. The number of likely N-dealkylation sites (tertiary alicyclic amines) is 4. The molecule has 49 heavy (non-hydrogen) atoms. The Hall–Kier alpha value is -2.27. The Morgan fingerprint density at radius 2 is 0.367 bits per heavy atom. The van der Waals surface area contributed by atoms with Crippen molar-refractivity contribution in [2.75, 3.05) is 28.2 Å². The second-order valence-corrected chi connectivity index (χ2v) is 11.7. The van der Waals surface area contributed by atoms with Crippen LogP contribution in [0.3, 0.4) is 0 Å². The number of hydrogen-bond acceptors (Lipinski definition) is 8. The van der Waals surface area contributed by atoms with Crippen LogP contribution in [0.5, 0.6) is 0 Å². The van der Waals surface area contributed by atoms with Crippen LogP contribution in [-0.2, 0) is 71.1 Å². The summed E-state index contributed by atoms with van der Waals surface area (Å²) in [6.07, 6.45) is 24.4. The molecule has 4 saturated carbocycles. The maximum absolute atomic E-state index is 10.1. The van der Waals surface area contributed by atoms with Crippen LogP contribution in [0.2, 0.25) is 0 Å². The van der Waals surface area contributed by atoms with Crippen LogP contribution in [-0.4, -0.2) is 103 Å². The summed E-state index contributed by atoms with van der Waals surface area (Å²) in [6.45, 7) is 0. The molecule has 278 valence electrons. The third-order valence-electron chi connectivity index (χ3n) is 8.20. The first kappa shape index (κ1) is 56.1. The molecular weight excluding hydrogens is 704 g/mol. The van der Waals surface area contributed by atoms with E-state index in [4.69, 9.17) is 0 Å². The van der Waals surface area contributed by atoms with Crippen LogP contribution in [0.4, 0.5) is 0 Å². The molecule has 0 atom stereocenters. The zero-order valence-electron chi connectivity index (χ0n) is 28.4. The van der Waals surface area contributed by atoms with E-state index in [1.165, 1.54) is 131 Å². The third kappa shape index (κ3) is 22.9. The average Bonchev–Trinajstić information content (AvgIpc) is 2.86. The fraction of sp³-hybridized carbons (Fsp3) is 0.771. The molecule has 4 aliphatic carbocycles. The van der Waals surface area contributed by atoms with E-state index in [1.54, 1.807) is 0 Å². The standard InChI is InChI=1S/4C4H5NO2.4C4H8.3CH4.B.Y/c4*1-5-3(6)2-4(5)7;4*1-2-4-3-1;;;;;/h4*2H2,1H3;4*1-4H2;3*1H4;;. The molecule has 4 aliphatic heterocycles. The molecule has 8 amide bonds. The smallest absolute Gasteiger partial charge is 0.238 e. The van der Waals surface area contributed by atoms with Gasteiger partial charge in [-0.05, 0) is 0 Å². The van der Waals surface area contributed by atoms with Crippen molar-refractivity contribution in [1.29, 1.82) is 0 Å². The predicted molar refractivity (Wildman–Crippen MR) is 189 cm³/mol. The first-order chi connectivity index (χ1) is 20.9. The normalized spacial score (nSPS) is 19.2. The van der Waals surface area contributed by atoms with Gasteiger partial charge < -0.3 is 0 Å². The van der Waals surface area contributed by atoms with Crippen molar-refractivity contribution in [3.63, 3.8) is 0 Å². The van der Waals surface area contributed by atoms with Crippen LogP contribution < -0.4 is 0 Å². The maximum Gasteiger partial charge on any atom is 0.238 e. The second kappa shape index (κ2) is 31.7. The third-order valence-corrected chi connectivity index (χ3v) is 8.20. The largest absolute Gasteiger partial charge is 0.285 e. The zero-order valence-corrected chi connectivity index (χ0v) is 31.2. The molecule has 0 spiro atoms. The number of imide groups is 4. The van der Waals surface area contributed by atoms with E-state index in [1.807, 2.05) is 0 Å². The van der Waals surface area contributed by atoms with Gasteiger partial charge in [0.15, 0.2) is 0 Å². The molecule has 4 radical (unpaired) electrons. The fourth-order valence-electron chi connectivity index (χ4n) is 2.66. The van der Waals surface area contributed by atoms with Gasteiger partial charge in [0.1, 0.15) is 25.7 Å². The summed E-state index contributed by atoms with van der Waals surface area (Å²) in [5.74, 6) is -0.630. The number of nitrogens with zero attached hydrogens (tertiary/aromatic N) is 4. The fourth-order valence-corrected chi connectivity index (χ4v) is 2.66. The maximum atomic E-state index is 10.1. The summed E-state index contributed by atoms with van der Waals surface area (Å²) in [7, 11) is 5.92. The van der Waals surface area contributed by atoms with Gasteiger partial charge in [-0.2, -0.15) is 0 Å². The van der Waals surface area contributed by atoms with Crippen molar-refractivity contribution < 1.29 is 71.1 Å². The van der Waals surface area contributed by atoms with Crippen molar-refractivity contribution in [3.05, 3.63) is 0 Å². The van der Waals surface area contributed by atoms with Gasteiger partial charge in [0.2, 0.25) is 47.3 Å². The summed E-state index contributed by atoms with van der Waals surface area (Å²) < 4.78 is 0. The van der Waals surface area contributed by atoms with Crippen LogP contribution in [0.1, 0.15) is 151 Å². The molecule has 0 aromatic carbocycles. The van der Waals surface area contributed by atoms with Gasteiger partial charge in [-0.3, -0.25) is 58.0 Å². The molecule has 0 aromatic rings. The van der Waals surface area contributed by atoms with Crippen LogP contribution in [0.15, 0.2) is 0 Å². The van der Waals surface area contributed by atoms with E-state index < -0.39 is 0 Å². The Bertz CT molecular complexity index is 795. The van der Waals surface area contributed by atoms with E-state index >= 15 is 0 Å². The molecular formula is C35H64BN4O8Y. The molecule has 14 heteroatoms. The van der Waals surface area contributed by atoms with Gasteiger partial charge in [0.25, 0.3) is 0 Å². The van der Waals surface area contributed by atoms with Crippen LogP contribution >= 0.6 is 0 Å². The van der Waals surface area contributed by atoms with Gasteiger partial charge in [-0.1, -0.05) is 125 Å². The minimum atomic E-state index is -0.0787. The summed E-state index contributed by atoms with van der Waals surface area (Å²) in [5, 5.41) is 0. The monoisotopic (exact) mass is 768 g/mol. The Kier molecular flexibility index (Phi) is 36.3. The first-order valence-electron chi connectivity index (χ1n) is 16.0. The molecule has 8 fully saturated rings. The van der Waals surface area contributed by atoms with E-state index in [9.17, 15) is 38.4 Å². The van der Waals surface area contributed by atoms with Crippen molar-refractivity contribution in [2.45, 2.75) is 151 Å². The van der Waals surface area contributed by atoms with Crippen molar-refractivity contribution in [2.24, 2.45) is 0 Å². The van der Waals surface area contributed by atoms with Gasteiger partial charge in [-0.15, -0.1) is 0 Å². The molecule has 0 bridgehead atoms. The number of β-lactam (4-membered cyclic amide) rings is 8. The summed E-state index contributed by atoms with van der Waals surface area (Å²) >= 11 is 0. The summed E-state index contributed by atoms with van der Waals surface area (Å²) in [4.78, 5) is 85.6. The molecule has 4 saturated heterocycles. The second-order valence-electron chi connectivity index (χ2n) is 11.7. The quantitative estimate of drug-likeness (QED) is 0.184. The van der Waals surface area contributed by atoms with Gasteiger partial charge in [0.05, 0.1) is 0 Å². The average molecular weight is 769 g/mol. The molecule has 12 nitrogen and oxygen atoms in total. The molecule has 8 rings (SSSR count). The van der Waals surface area contributed by atoms with Gasteiger partial charge >= 0.3 is 0 Å². The van der Waals surface area contributed by atoms with Crippen LogP contribution in [0, 0.1) is 0 Å². The molecule has 0 N–H and O–H groups in total. The van der Waals surface area contributed by atoms with E-state index in [2.05, 4.69) is 0 Å². The van der Waals surface area contributed by atoms with E-state index in [0.29, 0.717) is 0 Å². The minimum Gasteiger partial charge on any atom is -0.285 e. The topological polar surface area (TPSA) is 150 Å². The number of carbonyl (C=O) groups is 8. The Labute approximate surface area is 323 Å². The van der Waals surface area contributed by atoms with Gasteiger partial charge in [0, 0.05) is 69.3 Å². The molecule has 4 heterocycles. The number of rotatable bonds is 0. The summed E-state index contributed by atoms with van der Waals surface area (Å²) in [6, 6.07) is 0. The number of carbonyl (C=O) groups excluding carboxylic acids is 8. The number of hydrogen-bond donors (Lipinski definition) is 0. The van der Waals surface area contributed by atoms with Gasteiger partial charge in [-0.25, -0.2) is 0 Å². The van der Waals surface area contributed by atoms with E-state index in [-0.39, 0.29) is 136 Å². The van der Waals surface area contributed by atoms with Crippen molar-refractivity contribution >= 4 is 55.7 Å². The minimum absolute atomic E-state index is 0. The SMILES string of the molecule is C.C.C.C1CCC1.C1CCC1.C1CCC1.C1CCC1.CN1C(=O)CC1=O.CN1C(=O)CC1=O.CN1C(=O)CC1=O.CN1C(=O)CC1=O.[B].[Y]. The van der Waals surface area contributed by atoms with Crippen molar-refractivity contribution in [1.82, 2.24) is 19.6 Å². The Morgan fingerprint density at radius 1 is 0.286 bits per heavy atom. The predicted octanol–water partition coefficient (Wildman–Crippen LogP) is 5.27. The van der Waals surface area contributed by atoms with Crippen molar-refractivity contribution in [3.8, 4) is 0 Å². The zero-order chi connectivity index (χ0) is 33.1. The molecule has 0 aromatic heterocycles. The van der Waals surface area contributed by atoms with Crippen LogP contribution in [0.25, 0.3) is 0 Å². The molecule has 8 aliphatic rings.